The van der Waals surface area contributed by atoms with E-state index < -0.39 is 0 Å². The molecule has 0 bridgehead atoms. The summed E-state index contributed by atoms with van der Waals surface area (Å²) >= 11 is 2.11. The highest BCUT2D eigenvalue weighted by Crippen LogP contribution is 2.18. The van der Waals surface area contributed by atoms with Crippen LogP contribution in [0.5, 0.6) is 0 Å². The quantitative estimate of drug-likeness (QED) is 0.621. The first-order valence-corrected chi connectivity index (χ1v) is 5.82. The molecule has 0 saturated carbocycles. The third kappa shape index (κ3) is 3.63. The van der Waals surface area contributed by atoms with Gasteiger partial charge in [-0.25, -0.2) is 0 Å². The zero-order valence-corrected chi connectivity index (χ0v) is 8.78. The van der Waals surface area contributed by atoms with Crippen LogP contribution in [0, 0.1) is 0 Å². The molecule has 2 heteroatoms. The fraction of sp³-hybridized carbons (Fsp3) is 0.800. The molecule has 0 aliphatic carbocycles. The molecule has 1 atom stereocenters. The largest absolute Gasteiger partial charge is 0.302 e. The van der Waals surface area contributed by atoms with E-state index in [1.165, 1.54) is 31.8 Å². The second kappa shape index (κ2) is 5.65. The molecular formula is C10H19NS. The summed E-state index contributed by atoms with van der Waals surface area (Å²) in [7, 11) is 0. The summed E-state index contributed by atoms with van der Waals surface area (Å²) in [5, 5.41) is 0.860. The monoisotopic (exact) mass is 185 g/mol. The SMILES string of the molecule is C=CCCN1CCSC(C)CC1. The van der Waals surface area contributed by atoms with E-state index >= 15 is 0 Å². The van der Waals surface area contributed by atoms with Gasteiger partial charge >= 0.3 is 0 Å². The molecule has 0 aromatic heterocycles. The van der Waals surface area contributed by atoms with E-state index in [0.29, 0.717) is 0 Å². The number of hydrogen-bond donors (Lipinski definition) is 0. The lowest BCUT2D eigenvalue weighted by Crippen LogP contribution is -2.26. The van der Waals surface area contributed by atoms with Crippen molar-refractivity contribution in [3.8, 4) is 0 Å². The molecule has 70 valence electrons. The van der Waals surface area contributed by atoms with Crippen LogP contribution in [0.25, 0.3) is 0 Å². The van der Waals surface area contributed by atoms with E-state index in [-0.39, 0.29) is 0 Å². The molecule has 1 heterocycles. The van der Waals surface area contributed by atoms with E-state index in [2.05, 4.69) is 30.2 Å². The lowest BCUT2D eigenvalue weighted by atomic mass is 10.3. The summed E-state index contributed by atoms with van der Waals surface area (Å²) in [4.78, 5) is 2.55. The average molecular weight is 185 g/mol. The fourth-order valence-electron chi connectivity index (χ4n) is 1.44. The highest BCUT2D eigenvalue weighted by Gasteiger charge is 2.12. The van der Waals surface area contributed by atoms with Crippen LogP contribution < -0.4 is 0 Å². The summed E-state index contributed by atoms with van der Waals surface area (Å²) < 4.78 is 0. The Bertz CT molecular complexity index is 136. The molecule has 1 rings (SSSR count). The number of rotatable bonds is 3. The summed E-state index contributed by atoms with van der Waals surface area (Å²) in [6.45, 7) is 9.84. The molecule has 12 heavy (non-hydrogen) atoms. The van der Waals surface area contributed by atoms with Crippen LogP contribution in [0.3, 0.4) is 0 Å². The molecule has 0 spiro atoms. The zero-order chi connectivity index (χ0) is 8.81. The Hall–Kier alpha value is 0.0500. The van der Waals surface area contributed by atoms with Crippen LogP contribution in [-0.4, -0.2) is 35.5 Å². The van der Waals surface area contributed by atoms with E-state index in [0.717, 1.165) is 11.7 Å². The number of hydrogen-bond acceptors (Lipinski definition) is 2. The lowest BCUT2D eigenvalue weighted by Gasteiger charge is -2.18. The zero-order valence-electron chi connectivity index (χ0n) is 7.96. The minimum Gasteiger partial charge on any atom is -0.302 e. The van der Waals surface area contributed by atoms with E-state index in [9.17, 15) is 0 Å². The topological polar surface area (TPSA) is 3.24 Å². The maximum atomic E-state index is 3.75. The van der Waals surface area contributed by atoms with Crippen molar-refractivity contribution in [2.24, 2.45) is 0 Å². The molecule has 1 saturated heterocycles. The molecule has 0 amide bonds. The second-order valence-electron chi connectivity index (χ2n) is 3.39. The first-order chi connectivity index (χ1) is 5.83. The van der Waals surface area contributed by atoms with Crippen molar-refractivity contribution < 1.29 is 0 Å². The summed E-state index contributed by atoms with van der Waals surface area (Å²) in [5.74, 6) is 1.30. The smallest absolute Gasteiger partial charge is 0.00726 e. The van der Waals surface area contributed by atoms with Crippen molar-refractivity contribution in [2.75, 3.05) is 25.4 Å². The van der Waals surface area contributed by atoms with Gasteiger partial charge in [-0.2, -0.15) is 11.8 Å². The molecule has 1 aliphatic rings. The molecule has 1 unspecified atom stereocenters. The van der Waals surface area contributed by atoms with Crippen molar-refractivity contribution in [3.63, 3.8) is 0 Å². The normalized spacial score (nSPS) is 26.6. The van der Waals surface area contributed by atoms with Gasteiger partial charge in [0, 0.05) is 24.1 Å². The number of nitrogens with zero attached hydrogens (tertiary/aromatic N) is 1. The fourth-order valence-corrected chi connectivity index (χ4v) is 2.48. The van der Waals surface area contributed by atoms with Crippen LogP contribution in [0.15, 0.2) is 12.7 Å². The van der Waals surface area contributed by atoms with Gasteiger partial charge in [0.15, 0.2) is 0 Å². The van der Waals surface area contributed by atoms with Crippen LogP contribution in [0.2, 0.25) is 0 Å². The highest BCUT2D eigenvalue weighted by molar-refractivity contribution is 7.99. The summed E-state index contributed by atoms with van der Waals surface area (Å²) in [5.41, 5.74) is 0. The van der Waals surface area contributed by atoms with Gasteiger partial charge < -0.3 is 4.90 Å². The summed E-state index contributed by atoms with van der Waals surface area (Å²) in [6, 6.07) is 0. The Morgan fingerprint density at radius 3 is 3.17 bits per heavy atom. The summed E-state index contributed by atoms with van der Waals surface area (Å²) in [6.07, 6.45) is 4.50. The molecule has 1 fully saturated rings. The van der Waals surface area contributed by atoms with E-state index in [4.69, 9.17) is 0 Å². The maximum absolute atomic E-state index is 3.75. The average Bonchev–Trinajstić information content (AvgIpc) is 2.27. The van der Waals surface area contributed by atoms with Crippen LogP contribution in [-0.2, 0) is 0 Å². The standard InChI is InChI=1S/C10H19NS/c1-3-4-6-11-7-5-10(2)12-9-8-11/h3,10H,1,4-9H2,2H3. The van der Waals surface area contributed by atoms with Gasteiger partial charge in [0.25, 0.3) is 0 Å². The first kappa shape index (κ1) is 10.1. The van der Waals surface area contributed by atoms with Crippen molar-refractivity contribution >= 4 is 11.8 Å². The molecule has 1 nitrogen and oxygen atoms in total. The third-order valence-corrected chi connectivity index (χ3v) is 3.53. The van der Waals surface area contributed by atoms with Crippen LogP contribution in [0.1, 0.15) is 19.8 Å². The van der Waals surface area contributed by atoms with Crippen LogP contribution in [0.4, 0.5) is 0 Å². The van der Waals surface area contributed by atoms with Crippen LogP contribution >= 0.6 is 11.8 Å². The van der Waals surface area contributed by atoms with Gasteiger partial charge in [0.1, 0.15) is 0 Å². The predicted molar refractivity (Wildman–Crippen MR) is 57.8 cm³/mol. The first-order valence-electron chi connectivity index (χ1n) is 4.78. The van der Waals surface area contributed by atoms with Crippen molar-refractivity contribution in [3.05, 3.63) is 12.7 Å². The number of thioether (sulfide) groups is 1. The van der Waals surface area contributed by atoms with Gasteiger partial charge in [0.05, 0.1) is 0 Å². The Morgan fingerprint density at radius 1 is 1.58 bits per heavy atom. The van der Waals surface area contributed by atoms with Gasteiger partial charge in [-0.1, -0.05) is 13.0 Å². The Labute approximate surface area is 80.2 Å². The van der Waals surface area contributed by atoms with Crippen molar-refractivity contribution in [1.29, 1.82) is 0 Å². The molecule has 0 radical (unpaired) electrons. The molecule has 0 aromatic rings. The Kier molecular flexibility index (Phi) is 4.77. The van der Waals surface area contributed by atoms with Gasteiger partial charge in [-0.15, -0.1) is 6.58 Å². The molecule has 0 N–H and O–H groups in total. The minimum atomic E-state index is 0.860. The van der Waals surface area contributed by atoms with Gasteiger partial charge in [0.2, 0.25) is 0 Å². The maximum Gasteiger partial charge on any atom is 0.00726 e. The van der Waals surface area contributed by atoms with Gasteiger partial charge in [-0.05, 0) is 19.4 Å². The van der Waals surface area contributed by atoms with E-state index in [1.54, 1.807) is 0 Å². The molecule has 0 aromatic carbocycles. The highest BCUT2D eigenvalue weighted by atomic mass is 32.2. The minimum absolute atomic E-state index is 0.860. The van der Waals surface area contributed by atoms with Gasteiger partial charge in [-0.3, -0.25) is 0 Å². The Balaban J connectivity index is 2.21. The lowest BCUT2D eigenvalue weighted by molar-refractivity contribution is 0.297. The second-order valence-corrected chi connectivity index (χ2v) is 4.94. The van der Waals surface area contributed by atoms with Crippen molar-refractivity contribution in [2.45, 2.75) is 25.0 Å². The van der Waals surface area contributed by atoms with Crippen molar-refractivity contribution in [1.82, 2.24) is 4.90 Å². The molecule has 1 aliphatic heterocycles. The van der Waals surface area contributed by atoms with E-state index in [1.807, 2.05) is 6.08 Å². The Morgan fingerprint density at radius 2 is 2.42 bits per heavy atom. The molecular weight excluding hydrogens is 166 g/mol. The third-order valence-electron chi connectivity index (χ3n) is 2.31. The predicted octanol–water partition coefficient (Wildman–Crippen LogP) is 2.39.